The SMILES string of the molecule is COc1ccccc1NC(=O)C(C)n1ccc2cc(F)ccc21. The number of carbonyl (C=O) groups is 1. The fourth-order valence-electron chi connectivity index (χ4n) is 2.58. The summed E-state index contributed by atoms with van der Waals surface area (Å²) in [6.45, 7) is 1.80. The first-order chi connectivity index (χ1) is 11.1. The zero-order valence-electron chi connectivity index (χ0n) is 12.9. The minimum atomic E-state index is -0.442. The highest BCUT2D eigenvalue weighted by molar-refractivity contribution is 5.96. The first kappa shape index (κ1) is 15.1. The number of ether oxygens (including phenoxy) is 1. The number of hydrogen-bond acceptors (Lipinski definition) is 2. The van der Waals surface area contributed by atoms with Gasteiger partial charge in [-0.1, -0.05) is 12.1 Å². The molecule has 0 saturated carbocycles. The summed E-state index contributed by atoms with van der Waals surface area (Å²) in [5.74, 6) is 0.144. The Labute approximate surface area is 133 Å². The fraction of sp³-hybridized carbons (Fsp3) is 0.167. The van der Waals surface area contributed by atoms with E-state index in [1.165, 1.54) is 12.1 Å². The zero-order valence-corrected chi connectivity index (χ0v) is 12.9. The van der Waals surface area contributed by atoms with Gasteiger partial charge in [-0.2, -0.15) is 0 Å². The molecule has 0 bridgehead atoms. The van der Waals surface area contributed by atoms with Crippen molar-refractivity contribution in [2.24, 2.45) is 0 Å². The van der Waals surface area contributed by atoms with Crippen LogP contribution in [0.3, 0.4) is 0 Å². The molecule has 0 aliphatic rings. The number of hydrogen-bond donors (Lipinski definition) is 1. The van der Waals surface area contributed by atoms with Crippen molar-refractivity contribution in [2.45, 2.75) is 13.0 Å². The number of carbonyl (C=O) groups excluding carboxylic acids is 1. The van der Waals surface area contributed by atoms with E-state index in [2.05, 4.69) is 5.32 Å². The topological polar surface area (TPSA) is 43.3 Å². The first-order valence-electron chi connectivity index (χ1n) is 7.30. The predicted octanol–water partition coefficient (Wildman–Crippen LogP) is 3.99. The van der Waals surface area contributed by atoms with Crippen molar-refractivity contribution in [3.8, 4) is 5.75 Å². The van der Waals surface area contributed by atoms with E-state index in [0.717, 1.165) is 10.9 Å². The highest BCUT2D eigenvalue weighted by atomic mass is 19.1. The van der Waals surface area contributed by atoms with E-state index in [-0.39, 0.29) is 11.7 Å². The third-order valence-electron chi connectivity index (χ3n) is 3.84. The molecule has 0 spiro atoms. The number of nitrogens with one attached hydrogen (secondary N) is 1. The summed E-state index contributed by atoms with van der Waals surface area (Å²) >= 11 is 0. The number of halogens is 1. The van der Waals surface area contributed by atoms with Crippen molar-refractivity contribution >= 4 is 22.5 Å². The van der Waals surface area contributed by atoms with Crippen molar-refractivity contribution in [3.63, 3.8) is 0 Å². The Hall–Kier alpha value is -2.82. The molecule has 0 aliphatic heterocycles. The van der Waals surface area contributed by atoms with Gasteiger partial charge in [0.25, 0.3) is 0 Å². The van der Waals surface area contributed by atoms with Gasteiger partial charge >= 0.3 is 0 Å². The number of aromatic nitrogens is 1. The molecule has 2 aromatic carbocycles. The van der Waals surface area contributed by atoms with Crippen LogP contribution in [-0.4, -0.2) is 17.6 Å². The summed E-state index contributed by atoms with van der Waals surface area (Å²) in [4.78, 5) is 12.5. The second-order valence-corrected chi connectivity index (χ2v) is 5.29. The van der Waals surface area contributed by atoms with Gasteiger partial charge in [-0.05, 0) is 43.3 Å². The average molecular weight is 312 g/mol. The normalized spacial score (nSPS) is 12.1. The van der Waals surface area contributed by atoms with Gasteiger partial charge in [-0.3, -0.25) is 4.79 Å². The minimum absolute atomic E-state index is 0.170. The van der Waals surface area contributed by atoms with Gasteiger partial charge in [0.05, 0.1) is 12.8 Å². The fourth-order valence-corrected chi connectivity index (χ4v) is 2.58. The molecule has 1 heterocycles. The third kappa shape index (κ3) is 2.90. The van der Waals surface area contributed by atoms with Gasteiger partial charge in [-0.15, -0.1) is 0 Å². The Morgan fingerprint density at radius 2 is 2.00 bits per heavy atom. The quantitative estimate of drug-likeness (QED) is 0.791. The summed E-state index contributed by atoms with van der Waals surface area (Å²) in [6, 6.07) is 13.1. The molecule has 0 saturated heterocycles. The van der Waals surface area contributed by atoms with E-state index < -0.39 is 6.04 Å². The van der Waals surface area contributed by atoms with Gasteiger partial charge in [0.2, 0.25) is 5.91 Å². The molecule has 1 N–H and O–H groups in total. The number of benzene rings is 2. The van der Waals surface area contributed by atoms with Gasteiger partial charge in [0.1, 0.15) is 17.6 Å². The van der Waals surface area contributed by atoms with Crippen LogP contribution < -0.4 is 10.1 Å². The lowest BCUT2D eigenvalue weighted by molar-refractivity contribution is -0.118. The molecule has 0 aliphatic carbocycles. The van der Waals surface area contributed by atoms with Crippen LogP contribution in [0.4, 0.5) is 10.1 Å². The van der Waals surface area contributed by atoms with Crippen LogP contribution in [0.5, 0.6) is 5.75 Å². The highest BCUT2D eigenvalue weighted by Crippen LogP contribution is 2.26. The molecule has 1 unspecified atom stereocenters. The smallest absolute Gasteiger partial charge is 0.247 e. The van der Waals surface area contributed by atoms with Crippen LogP contribution in [0, 0.1) is 5.82 Å². The number of fused-ring (bicyclic) bond motifs is 1. The molecular formula is C18H17FN2O2. The summed E-state index contributed by atoms with van der Waals surface area (Å²) in [7, 11) is 1.56. The van der Waals surface area contributed by atoms with Crippen molar-refractivity contribution < 1.29 is 13.9 Å². The number of amides is 1. The Balaban J connectivity index is 1.86. The van der Waals surface area contributed by atoms with Gasteiger partial charge in [0, 0.05) is 17.1 Å². The number of para-hydroxylation sites is 2. The van der Waals surface area contributed by atoms with Gasteiger partial charge < -0.3 is 14.6 Å². The Bertz CT molecular complexity index is 857. The van der Waals surface area contributed by atoms with E-state index in [1.54, 1.807) is 44.5 Å². The van der Waals surface area contributed by atoms with Crippen molar-refractivity contribution in [2.75, 3.05) is 12.4 Å². The number of methoxy groups -OCH3 is 1. The lowest BCUT2D eigenvalue weighted by Gasteiger charge is -2.16. The average Bonchev–Trinajstić information content (AvgIpc) is 2.97. The molecule has 3 rings (SSSR count). The maximum atomic E-state index is 13.3. The lowest BCUT2D eigenvalue weighted by atomic mass is 10.2. The molecule has 1 atom stereocenters. The number of rotatable bonds is 4. The summed E-state index contributed by atoms with van der Waals surface area (Å²) in [6.07, 6.45) is 1.79. The molecule has 4 nitrogen and oxygen atoms in total. The summed E-state index contributed by atoms with van der Waals surface area (Å²) in [5.41, 5.74) is 1.43. The standard InChI is InChI=1S/C18H17FN2O2/c1-12(18(22)20-15-5-3-4-6-17(15)23-2)21-10-9-13-11-14(19)7-8-16(13)21/h3-12H,1-2H3,(H,20,22). The second-order valence-electron chi connectivity index (χ2n) is 5.29. The lowest BCUT2D eigenvalue weighted by Crippen LogP contribution is -2.23. The zero-order chi connectivity index (χ0) is 16.4. The molecular weight excluding hydrogens is 295 g/mol. The van der Waals surface area contributed by atoms with Crippen LogP contribution in [-0.2, 0) is 4.79 Å². The second kappa shape index (κ2) is 6.12. The van der Waals surface area contributed by atoms with E-state index in [9.17, 15) is 9.18 Å². The number of anilines is 1. The van der Waals surface area contributed by atoms with Crippen LogP contribution in [0.25, 0.3) is 10.9 Å². The van der Waals surface area contributed by atoms with E-state index >= 15 is 0 Å². The van der Waals surface area contributed by atoms with Crippen LogP contribution in [0.1, 0.15) is 13.0 Å². The molecule has 5 heteroatoms. The minimum Gasteiger partial charge on any atom is -0.495 e. The van der Waals surface area contributed by atoms with Gasteiger partial charge in [0.15, 0.2) is 0 Å². The molecule has 118 valence electrons. The predicted molar refractivity (Wildman–Crippen MR) is 88.2 cm³/mol. The van der Waals surface area contributed by atoms with E-state index in [4.69, 9.17) is 4.74 Å². The van der Waals surface area contributed by atoms with Crippen molar-refractivity contribution in [3.05, 3.63) is 60.5 Å². The molecule has 23 heavy (non-hydrogen) atoms. The molecule has 0 radical (unpaired) electrons. The van der Waals surface area contributed by atoms with Gasteiger partial charge in [-0.25, -0.2) is 4.39 Å². The summed E-state index contributed by atoms with van der Waals surface area (Å²) in [5, 5.41) is 3.63. The van der Waals surface area contributed by atoms with Crippen LogP contribution in [0.2, 0.25) is 0 Å². The highest BCUT2D eigenvalue weighted by Gasteiger charge is 2.18. The van der Waals surface area contributed by atoms with E-state index in [1.807, 2.05) is 16.7 Å². The Morgan fingerprint density at radius 1 is 1.22 bits per heavy atom. The largest absolute Gasteiger partial charge is 0.495 e. The molecule has 1 aromatic heterocycles. The Kier molecular flexibility index (Phi) is 4.02. The number of nitrogens with zero attached hydrogens (tertiary/aromatic N) is 1. The van der Waals surface area contributed by atoms with Crippen LogP contribution >= 0.6 is 0 Å². The third-order valence-corrected chi connectivity index (χ3v) is 3.84. The molecule has 3 aromatic rings. The maximum Gasteiger partial charge on any atom is 0.247 e. The summed E-state index contributed by atoms with van der Waals surface area (Å²) < 4.78 is 20.3. The van der Waals surface area contributed by atoms with Crippen molar-refractivity contribution in [1.82, 2.24) is 4.57 Å². The van der Waals surface area contributed by atoms with Crippen molar-refractivity contribution in [1.29, 1.82) is 0 Å². The van der Waals surface area contributed by atoms with E-state index in [0.29, 0.717) is 11.4 Å². The Morgan fingerprint density at radius 3 is 2.78 bits per heavy atom. The molecule has 1 amide bonds. The maximum absolute atomic E-state index is 13.3. The molecule has 0 fully saturated rings. The monoisotopic (exact) mass is 312 g/mol. The van der Waals surface area contributed by atoms with Crippen LogP contribution in [0.15, 0.2) is 54.7 Å². The first-order valence-corrected chi connectivity index (χ1v) is 7.30.